The Labute approximate surface area is 189 Å². The van der Waals surface area contributed by atoms with Crippen molar-refractivity contribution >= 4 is 11.6 Å². The van der Waals surface area contributed by atoms with Gasteiger partial charge in [-0.1, -0.05) is 24.3 Å². The standard InChI is InChI=1S/C25H24N2O6/c1-25(2)23(31)20(27-12-14-5-3-4-6-15(14)24(27)32)16-11-13(7-8-17(16)33-25)18-19(26-9-10-28)22(30)21(18)29/h3-8,11,20,23,26,28,31H,9-10,12H2,1-2H3/t20-,23+/m1/s1. The van der Waals surface area contributed by atoms with Gasteiger partial charge in [0.1, 0.15) is 17.5 Å². The molecule has 0 aromatic heterocycles. The molecule has 0 saturated heterocycles. The minimum absolute atomic E-state index is 0.141. The number of rotatable bonds is 5. The SMILES string of the molecule is CC1(C)Oc2ccc(-c3c(NCCO)c(=O)c3=O)cc2[C@@H](N2Cc3ccccc3C2=O)[C@@H]1O. The van der Waals surface area contributed by atoms with Crippen molar-refractivity contribution in [2.45, 2.75) is 38.1 Å². The zero-order valence-corrected chi connectivity index (χ0v) is 18.3. The van der Waals surface area contributed by atoms with Crippen LogP contribution in [0, 0.1) is 0 Å². The first-order chi connectivity index (χ1) is 15.7. The Hall–Kier alpha value is -3.49. The summed E-state index contributed by atoms with van der Waals surface area (Å²) in [5.74, 6) is 0.328. The molecule has 5 rings (SSSR count). The van der Waals surface area contributed by atoms with Gasteiger partial charge >= 0.3 is 0 Å². The minimum Gasteiger partial charge on any atom is -0.485 e. The zero-order chi connectivity index (χ0) is 23.5. The lowest BCUT2D eigenvalue weighted by Crippen LogP contribution is -2.53. The molecule has 0 unspecified atom stereocenters. The van der Waals surface area contributed by atoms with Crippen molar-refractivity contribution in [1.82, 2.24) is 4.90 Å². The number of nitrogens with one attached hydrogen (secondary N) is 1. The van der Waals surface area contributed by atoms with E-state index in [2.05, 4.69) is 5.32 Å². The van der Waals surface area contributed by atoms with E-state index >= 15 is 0 Å². The van der Waals surface area contributed by atoms with E-state index in [1.165, 1.54) is 0 Å². The maximum atomic E-state index is 13.2. The second-order valence-corrected chi connectivity index (χ2v) is 9.00. The molecule has 2 atom stereocenters. The Morgan fingerprint density at radius 3 is 2.61 bits per heavy atom. The molecule has 2 aliphatic rings. The van der Waals surface area contributed by atoms with Gasteiger partial charge in [0.25, 0.3) is 5.91 Å². The first-order valence-corrected chi connectivity index (χ1v) is 10.8. The van der Waals surface area contributed by atoms with E-state index in [-0.39, 0.29) is 30.3 Å². The second kappa shape index (κ2) is 7.54. The van der Waals surface area contributed by atoms with E-state index in [1.54, 1.807) is 43.0 Å². The van der Waals surface area contributed by atoms with Gasteiger partial charge in [0.05, 0.1) is 23.9 Å². The van der Waals surface area contributed by atoms with Crippen LogP contribution in [0.25, 0.3) is 11.1 Å². The van der Waals surface area contributed by atoms with Gasteiger partial charge in [-0.15, -0.1) is 0 Å². The molecule has 0 radical (unpaired) electrons. The fraction of sp³-hybridized carbons (Fsp3) is 0.320. The summed E-state index contributed by atoms with van der Waals surface area (Å²) in [6.07, 6.45) is -1.03. The number of benzene rings is 2. The van der Waals surface area contributed by atoms with E-state index in [4.69, 9.17) is 9.84 Å². The van der Waals surface area contributed by atoms with Crippen LogP contribution in [0.5, 0.6) is 5.75 Å². The van der Waals surface area contributed by atoms with E-state index in [0.717, 1.165) is 5.56 Å². The number of anilines is 1. The van der Waals surface area contributed by atoms with Crippen LogP contribution >= 0.6 is 0 Å². The van der Waals surface area contributed by atoms with E-state index < -0.39 is 28.6 Å². The van der Waals surface area contributed by atoms with Crippen molar-refractivity contribution < 1.29 is 19.7 Å². The molecule has 0 aliphatic carbocycles. The van der Waals surface area contributed by atoms with Crippen molar-refractivity contribution in [3.8, 4) is 16.9 Å². The minimum atomic E-state index is -1.03. The van der Waals surface area contributed by atoms with E-state index in [1.807, 2.05) is 18.2 Å². The number of hydrogen-bond acceptors (Lipinski definition) is 7. The summed E-state index contributed by atoms with van der Waals surface area (Å²) in [6.45, 7) is 3.84. The fourth-order valence-electron chi connectivity index (χ4n) is 4.78. The second-order valence-electron chi connectivity index (χ2n) is 9.00. The summed E-state index contributed by atoms with van der Waals surface area (Å²) < 4.78 is 6.06. The highest BCUT2D eigenvalue weighted by atomic mass is 16.5. The number of aliphatic hydroxyl groups is 2. The Morgan fingerprint density at radius 2 is 1.88 bits per heavy atom. The van der Waals surface area contributed by atoms with Gasteiger partial charge in [-0.3, -0.25) is 14.4 Å². The molecule has 170 valence electrons. The highest BCUT2D eigenvalue weighted by molar-refractivity contribution is 5.98. The summed E-state index contributed by atoms with van der Waals surface area (Å²) in [5, 5.41) is 23.1. The van der Waals surface area contributed by atoms with Gasteiger partial charge in [-0.2, -0.15) is 0 Å². The van der Waals surface area contributed by atoms with Gasteiger partial charge < -0.3 is 25.2 Å². The highest BCUT2D eigenvalue weighted by Crippen LogP contribution is 2.46. The van der Waals surface area contributed by atoms with Crippen LogP contribution in [0.15, 0.2) is 52.1 Å². The third-order valence-electron chi connectivity index (χ3n) is 6.51. The van der Waals surface area contributed by atoms with Crippen molar-refractivity contribution in [2.75, 3.05) is 18.5 Å². The van der Waals surface area contributed by atoms with Crippen molar-refractivity contribution in [1.29, 1.82) is 0 Å². The first kappa shape index (κ1) is 21.4. The van der Waals surface area contributed by atoms with Crippen LogP contribution in [-0.4, -0.2) is 45.9 Å². The Bertz CT molecular complexity index is 1340. The summed E-state index contributed by atoms with van der Waals surface area (Å²) in [6, 6.07) is 11.7. The predicted octanol–water partition coefficient (Wildman–Crippen LogP) is 1.58. The Morgan fingerprint density at radius 1 is 1.12 bits per heavy atom. The maximum absolute atomic E-state index is 13.2. The topological polar surface area (TPSA) is 116 Å². The number of ether oxygens (including phenoxy) is 1. The van der Waals surface area contributed by atoms with Crippen LogP contribution in [-0.2, 0) is 6.54 Å². The molecule has 3 N–H and O–H groups in total. The number of fused-ring (bicyclic) bond motifs is 2. The van der Waals surface area contributed by atoms with Crippen LogP contribution < -0.4 is 20.9 Å². The van der Waals surface area contributed by atoms with Gasteiger partial charge in [-0.25, -0.2) is 0 Å². The smallest absolute Gasteiger partial charge is 0.255 e. The molecular formula is C25H24N2O6. The number of carbonyl (C=O) groups is 1. The summed E-state index contributed by atoms with van der Waals surface area (Å²) in [4.78, 5) is 39.3. The van der Waals surface area contributed by atoms with Crippen LogP contribution in [0.3, 0.4) is 0 Å². The molecule has 0 saturated carbocycles. The van der Waals surface area contributed by atoms with Gasteiger partial charge in [0.2, 0.25) is 10.9 Å². The molecule has 3 aromatic carbocycles. The van der Waals surface area contributed by atoms with E-state index in [9.17, 15) is 19.5 Å². The Kier molecular flexibility index (Phi) is 4.88. The molecule has 2 heterocycles. The van der Waals surface area contributed by atoms with Crippen LogP contribution in [0.4, 0.5) is 5.69 Å². The van der Waals surface area contributed by atoms with Gasteiger partial charge in [0.15, 0.2) is 0 Å². The van der Waals surface area contributed by atoms with Crippen molar-refractivity contribution in [2.24, 2.45) is 0 Å². The van der Waals surface area contributed by atoms with Crippen LogP contribution in [0.1, 0.15) is 41.4 Å². The van der Waals surface area contributed by atoms with Gasteiger partial charge in [0, 0.05) is 24.2 Å². The molecule has 0 fully saturated rings. The summed E-state index contributed by atoms with van der Waals surface area (Å²) in [5.41, 5.74) is 0.732. The number of nitrogens with zero attached hydrogens (tertiary/aromatic N) is 1. The molecule has 33 heavy (non-hydrogen) atoms. The summed E-state index contributed by atoms with van der Waals surface area (Å²) in [7, 11) is 0. The summed E-state index contributed by atoms with van der Waals surface area (Å²) >= 11 is 0. The molecule has 2 aliphatic heterocycles. The predicted molar refractivity (Wildman–Crippen MR) is 122 cm³/mol. The maximum Gasteiger partial charge on any atom is 0.255 e. The normalized spacial score (nSPS) is 21.0. The molecule has 0 bridgehead atoms. The molecule has 8 nitrogen and oxygen atoms in total. The first-order valence-electron chi connectivity index (χ1n) is 10.8. The third-order valence-corrected chi connectivity index (χ3v) is 6.51. The third kappa shape index (κ3) is 3.17. The lowest BCUT2D eigenvalue weighted by Gasteiger charge is -2.45. The molecule has 1 amide bonds. The van der Waals surface area contributed by atoms with E-state index in [0.29, 0.717) is 29.0 Å². The molecule has 3 aromatic rings. The number of carbonyl (C=O) groups excluding carboxylic acids is 1. The van der Waals surface area contributed by atoms with Crippen molar-refractivity contribution in [3.63, 3.8) is 0 Å². The fourth-order valence-corrected chi connectivity index (χ4v) is 4.78. The zero-order valence-electron chi connectivity index (χ0n) is 18.3. The number of amides is 1. The molecular weight excluding hydrogens is 424 g/mol. The average Bonchev–Trinajstić information content (AvgIpc) is 3.13. The highest BCUT2D eigenvalue weighted by Gasteiger charge is 2.48. The quantitative estimate of drug-likeness (QED) is 0.508. The van der Waals surface area contributed by atoms with Gasteiger partial charge in [-0.05, 0) is 43.2 Å². The van der Waals surface area contributed by atoms with Crippen LogP contribution in [0.2, 0.25) is 0 Å². The van der Waals surface area contributed by atoms with Crippen molar-refractivity contribution in [3.05, 3.63) is 79.6 Å². The largest absolute Gasteiger partial charge is 0.485 e. The number of hydrogen-bond donors (Lipinski definition) is 3. The molecule has 0 spiro atoms. The molecule has 8 heteroatoms. The number of aliphatic hydroxyl groups excluding tert-OH is 2. The monoisotopic (exact) mass is 448 g/mol. The lowest BCUT2D eigenvalue weighted by molar-refractivity contribution is -0.0867. The average molecular weight is 448 g/mol. The Balaban J connectivity index is 1.61. The lowest BCUT2D eigenvalue weighted by atomic mass is 9.84.